The Labute approximate surface area is 152 Å². The third-order valence-electron chi connectivity index (χ3n) is 5.02. The molecular formula is C21H32N3O+. The van der Waals surface area contributed by atoms with Crippen LogP contribution in [-0.4, -0.2) is 41.6 Å². The molecule has 0 radical (unpaired) electrons. The van der Waals surface area contributed by atoms with Crippen molar-refractivity contribution in [2.75, 3.05) is 19.6 Å². The van der Waals surface area contributed by atoms with Crippen molar-refractivity contribution < 1.29 is 9.33 Å². The fourth-order valence-electron chi connectivity index (χ4n) is 3.74. The summed E-state index contributed by atoms with van der Waals surface area (Å²) in [5.74, 6) is 0.925. The van der Waals surface area contributed by atoms with Crippen LogP contribution in [0.5, 0.6) is 5.75 Å². The highest BCUT2D eigenvalue weighted by molar-refractivity contribution is 5.96. The van der Waals surface area contributed by atoms with Gasteiger partial charge in [-0.2, -0.15) is 4.59 Å². The highest BCUT2D eigenvalue weighted by Crippen LogP contribution is 2.28. The summed E-state index contributed by atoms with van der Waals surface area (Å²) < 4.78 is 6.68. The molecule has 25 heavy (non-hydrogen) atoms. The van der Waals surface area contributed by atoms with E-state index in [-0.39, 0.29) is 5.60 Å². The van der Waals surface area contributed by atoms with E-state index in [1.165, 1.54) is 24.1 Å². The largest absolute Gasteiger partial charge is 0.488 e. The van der Waals surface area contributed by atoms with E-state index in [1.54, 1.807) is 0 Å². The third kappa shape index (κ3) is 4.50. The topological polar surface area (TPSA) is 33.6 Å². The monoisotopic (exact) mass is 342 g/mol. The predicted octanol–water partition coefficient (Wildman–Crippen LogP) is 3.88. The van der Waals surface area contributed by atoms with Crippen LogP contribution in [0.25, 0.3) is 0 Å². The minimum atomic E-state index is -0.160. The van der Waals surface area contributed by atoms with Crippen molar-refractivity contribution in [3.63, 3.8) is 0 Å². The van der Waals surface area contributed by atoms with Gasteiger partial charge in [0.1, 0.15) is 35.8 Å². The van der Waals surface area contributed by atoms with Crippen LogP contribution in [-0.2, 0) is 6.42 Å². The summed E-state index contributed by atoms with van der Waals surface area (Å²) in [4.78, 5) is 0. The lowest BCUT2D eigenvalue weighted by Crippen LogP contribution is -2.50. The number of benzene rings is 1. The Balaban J connectivity index is 1.68. The Kier molecular flexibility index (Phi) is 5.30. The molecule has 0 amide bonds. The minimum absolute atomic E-state index is 0.160. The summed E-state index contributed by atoms with van der Waals surface area (Å²) >= 11 is 0. The number of rotatable bonds is 5. The molecule has 0 spiro atoms. The number of nitrogens with zero attached hydrogens (tertiary/aromatic N) is 2. The zero-order chi connectivity index (χ0) is 17.9. The molecule has 2 aliphatic rings. The number of ether oxygens (including phenoxy) is 1. The van der Waals surface area contributed by atoms with E-state index >= 15 is 0 Å². The Morgan fingerprint density at radius 2 is 1.84 bits per heavy atom. The molecule has 2 aliphatic heterocycles. The van der Waals surface area contributed by atoms with Gasteiger partial charge in [-0.15, -0.1) is 0 Å². The summed E-state index contributed by atoms with van der Waals surface area (Å²) in [6.07, 6.45) is 7.83. The van der Waals surface area contributed by atoms with Gasteiger partial charge in [-0.3, -0.25) is 0 Å². The third-order valence-corrected chi connectivity index (χ3v) is 5.02. The summed E-state index contributed by atoms with van der Waals surface area (Å²) in [7, 11) is 0. The molecule has 136 valence electrons. The van der Waals surface area contributed by atoms with Gasteiger partial charge >= 0.3 is 0 Å². The van der Waals surface area contributed by atoms with E-state index < -0.39 is 0 Å². The maximum absolute atomic E-state index is 5.90. The van der Waals surface area contributed by atoms with E-state index in [0.717, 1.165) is 36.4 Å². The van der Waals surface area contributed by atoms with Crippen LogP contribution in [0.2, 0.25) is 0 Å². The molecule has 1 aromatic rings. The first-order chi connectivity index (χ1) is 11.9. The second-order valence-electron chi connectivity index (χ2n) is 8.13. The van der Waals surface area contributed by atoms with E-state index in [4.69, 9.17) is 9.84 Å². The normalized spacial score (nSPS) is 24.4. The summed E-state index contributed by atoms with van der Waals surface area (Å²) in [6.45, 7) is 11.7. The molecule has 2 heterocycles. The second-order valence-corrected chi connectivity index (χ2v) is 8.13. The molecule has 0 aromatic heterocycles. The minimum Gasteiger partial charge on any atom is -0.488 e. The molecule has 1 unspecified atom stereocenters. The molecule has 0 aliphatic carbocycles. The molecule has 0 bridgehead atoms. The van der Waals surface area contributed by atoms with Crippen LogP contribution >= 0.6 is 0 Å². The molecule has 4 heteroatoms. The van der Waals surface area contributed by atoms with Crippen molar-refractivity contribution in [3.05, 3.63) is 42.1 Å². The van der Waals surface area contributed by atoms with Gasteiger partial charge < -0.3 is 10.1 Å². The van der Waals surface area contributed by atoms with E-state index in [9.17, 15) is 0 Å². The van der Waals surface area contributed by atoms with Crippen molar-refractivity contribution in [2.24, 2.45) is 5.10 Å². The van der Waals surface area contributed by atoms with Gasteiger partial charge in [0.25, 0.3) is 0 Å². The second kappa shape index (κ2) is 7.30. The maximum atomic E-state index is 5.90. The fraction of sp³-hybridized carbons (Fsp3) is 0.571. The number of allylic oxidation sites excluding steroid dienone is 1. The van der Waals surface area contributed by atoms with Crippen molar-refractivity contribution in [1.82, 2.24) is 5.32 Å². The quantitative estimate of drug-likeness (QED) is 0.824. The van der Waals surface area contributed by atoms with Crippen LogP contribution in [0.1, 0.15) is 46.1 Å². The van der Waals surface area contributed by atoms with Crippen molar-refractivity contribution in [1.29, 1.82) is 0 Å². The van der Waals surface area contributed by atoms with Gasteiger partial charge in [0.15, 0.2) is 0 Å². The van der Waals surface area contributed by atoms with E-state index in [2.05, 4.69) is 69.6 Å². The van der Waals surface area contributed by atoms with Gasteiger partial charge in [0.05, 0.1) is 0 Å². The Morgan fingerprint density at radius 1 is 1.16 bits per heavy atom. The molecule has 0 saturated carbocycles. The van der Waals surface area contributed by atoms with Crippen LogP contribution in [0.3, 0.4) is 0 Å². The first-order valence-electron chi connectivity index (χ1n) is 9.55. The lowest BCUT2D eigenvalue weighted by Gasteiger charge is -2.36. The van der Waals surface area contributed by atoms with Gasteiger partial charge in [-0.05, 0) is 45.4 Å². The first kappa shape index (κ1) is 18.2. The zero-order valence-corrected chi connectivity index (χ0v) is 16.1. The van der Waals surface area contributed by atoms with Gasteiger partial charge in [-0.1, -0.05) is 17.2 Å². The van der Waals surface area contributed by atoms with Gasteiger partial charge in [-0.25, -0.2) is 0 Å². The first-order valence-corrected chi connectivity index (χ1v) is 9.55. The molecular weight excluding hydrogens is 310 g/mol. The molecule has 4 nitrogen and oxygen atoms in total. The van der Waals surface area contributed by atoms with E-state index in [0.29, 0.717) is 6.04 Å². The zero-order valence-electron chi connectivity index (χ0n) is 16.1. The lowest BCUT2D eigenvalue weighted by molar-refractivity contribution is -0.908. The summed E-state index contributed by atoms with van der Waals surface area (Å²) in [5.41, 5.74) is 2.31. The highest BCUT2D eigenvalue weighted by Gasteiger charge is 2.38. The van der Waals surface area contributed by atoms with Crippen molar-refractivity contribution in [3.8, 4) is 5.75 Å². The molecule has 1 saturated heterocycles. The summed E-state index contributed by atoms with van der Waals surface area (Å²) in [5, 5.41) is 8.58. The summed E-state index contributed by atoms with van der Waals surface area (Å²) in [6, 6.07) is 9.05. The number of piperidine rings is 1. The standard InChI is InChI=1S/C21H32N3O/c1-5-24(19-10-13-22-14-11-19)15-12-18(23-24)16-17-6-8-20(9-7-17)25-21(2,3)4/h6-9,12,15,19,22H,5,10-11,13-14,16H2,1-4H3/q+1. The highest BCUT2D eigenvalue weighted by atomic mass is 16.5. The van der Waals surface area contributed by atoms with Crippen molar-refractivity contribution in [2.45, 2.75) is 58.6 Å². The SMILES string of the molecule is CC[N+]1(C2CCNCC2)C=CC(Cc2ccc(OC(C)(C)C)cc2)=N1. The molecule has 1 fully saturated rings. The molecule has 3 rings (SSSR count). The Hall–Kier alpha value is -1.65. The predicted molar refractivity (Wildman–Crippen MR) is 104 cm³/mol. The number of hydrogen-bond acceptors (Lipinski definition) is 3. The van der Waals surface area contributed by atoms with Gasteiger partial charge in [0, 0.05) is 38.4 Å². The Bertz CT molecular complexity index is 636. The average molecular weight is 343 g/mol. The number of nitrogens with one attached hydrogen (secondary N) is 1. The van der Waals surface area contributed by atoms with Crippen LogP contribution < -0.4 is 10.1 Å². The molecule has 1 atom stereocenters. The van der Waals surface area contributed by atoms with Gasteiger partial charge in [0.2, 0.25) is 0 Å². The van der Waals surface area contributed by atoms with Crippen molar-refractivity contribution >= 4 is 5.71 Å². The fourth-order valence-corrected chi connectivity index (χ4v) is 3.74. The molecule has 1 N–H and O–H groups in total. The Morgan fingerprint density at radius 3 is 2.44 bits per heavy atom. The smallest absolute Gasteiger partial charge is 0.125 e. The van der Waals surface area contributed by atoms with E-state index in [1.807, 2.05) is 0 Å². The van der Waals surface area contributed by atoms with Crippen LogP contribution in [0, 0.1) is 0 Å². The van der Waals surface area contributed by atoms with Crippen LogP contribution in [0.4, 0.5) is 0 Å². The van der Waals surface area contributed by atoms with Crippen LogP contribution in [0.15, 0.2) is 41.6 Å². The molecule has 1 aromatic carbocycles. The average Bonchev–Trinajstić information content (AvgIpc) is 3.01. The number of quaternary nitrogens is 1. The maximum Gasteiger partial charge on any atom is 0.125 e. The number of hydrogen-bond donors (Lipinski definition) is 1. The lowest BCUT2D eigenvalue weighted by atomic mass is 10.0.